The van der Waals surface area contributed by atoms with Crippen LogP contribution in [0.15, 0.2) is 6.33 Å². The largest absolute Gasteiger partial charge is 0.378 e. The molecule has 3 saturated heterocycles. The fourth-order valence-corrected chi connectivity index (χ4v) is 3.48. The van der Waals surface area contributed by atoms with Crippen LogP contribution in [0.3, 0.4) is 0 Å². The minimum Gasteiger partial charge on any atom is -0.378 e. The molecule has 0 amide bonds. The molecule has 7 heteroatoms. The van der Waals surface area contributed by atoms with Gasteiger partial charge in [0.15, 0.2) is 0 Å². The van der Waals surface area contributed by atoms with Gasteiger partial charge in [0.2, 0.25) is 11.9 Å². The fraction of sp³-hybridized carbons (Fsp3) is 0.786. The summed E-state index contributed by atoms with van der Waals surface area (Å²) in [7, 11) is 0. The number of nitrogens with zero attached hydrogens (tertiary/aromatic N) is 5. The Morgan fingerprint density at radius 1 is 0.952 bits per heavy atom. The highest BCUT2D eigenvalue weighted by molar-refractivity contribution is 5.41. The van der Waals surface area contributed by atoms with Crippen LogP contribution in [0, 0.1) is 0 Å². The molecule has 0 saturated carbocycles. The molecule has 0 aliphatic carbocycles. The van der Waals surface area contributed by atoms with E-state index in [1.165, 1.54) is 6.42 Å². The molecule has 2 bridgehead atoms. The monoisotopic (exact) mass is 291 g/mol. The van der Waals surface area contributed by atoms with E-state index in [1.54, 1.807) is 6.33 Å². The van der Waals surface area contributed by atoms with Gasteiger partial charge in [0.05, 0.1) is 38.5 Å². The smallest absolute Gasteiger partial charge is 0.230 e. The number of rotatable bonds is 2. The highest BCUT2D eigenvalue weighted by Crippen LogP contribution is 2.30. The van der Waals surface area contributed by atoms with Crippen LogP contribution in [0.4, 0.5) is 11.9 Å². The summed E-state index contributed by atoms with van der Waals surface area (Å²) in [6, 6.07) is 0.829. The van der Waals surface area contributed by atoms with Crippen LogP contribution in [0.5, 0.6) is 0 Å². The van der Waals surface area contributed by atoms with Crippen LogP contribution in [0.25, 0.3) is 0 Å². The summed E-state index contributed by atoms with van der Waals surface area (Å²) in [5, 5.41) is 0. The molecule has 7 nitrogen and oxygen atoms in total. The molecule has 0 N–H and O–H groups in total. The van der Waals surface area contributed by atoms with E-state index in [1.807, 2.05) is 0 Å². The molecule has 4 heterocycles. The van der Waals surface area contributed by atoms with E-state index in [0.29, 0.717) is 12.1 Å². The summed E-state index contributed by atoms with van der Waals surface area (Å²) in [4.78, 5) is 18.0. The lowest BCUT2D eigenvalue weighted by Gasteiger charge is -2.45. The number of piperidine rings is 1. The number of hydrogen-bond donors (Lipinski definition) is 0. The van der Waals surface area contributed by atoms with Crippen molar-refractivity contribution < 1.29 is 9.47 Å². The second-order valence-electron chi connectivity index (χ2n) is 5.87. The third-order valence-corrected chi connectivity index (χ3v) is 4.55. The molecule has 21 heavy (non-hydrogen) atoms. The average molecular weight is 291 g/mol. The van der Waals surface area contributed by atoms with E-state index in [0.717, 1.165) is 64.3 Å². The van der Waals surface area contributed by atoms with Gasteiger partial charge in [-0.05, 0) is 19.3 Å². The Bertz CT molecular complexity index is 472. The summed E-state index contributed by atoms with van der Waals surface area (Å²) in [6.45, 7) is 4.75. The first-order chi connectivity index (χ1) is 10.4. The van der Waals surface area contributed by atoms with Crippen LogP contribution in [0.2, 0.25) is 0 Å². The lowest BCUT2D eigenvalue weighted by molar-refractivity contribution is 0.0452. The van der Waals surface area contributed by atoms with E-state index in [2.05, 4.69) is 19.8 Å². The first-order valence-corrected chi connectivity index (χ1v) is 7.79. The third kappa shape index (κ3) is 2.55. The van der Waals surface area contributed by atoms with E-state index < -0.39 is 0 Å². The van der Waals surface area contributed by atoms with Crippen LogP contribution in [-0.4, -0.2) is 66.6 Å². The van der Waals surface area contributed by atoms with E-state index in [-0.39, 0.29) is 0 Å². The number of fused-ring (bicyclic) bond motifs is 2. The van der Waals surface area contributed by atoms with Gasteiger partial charge >= 0.3 is 0 Å². The van der Waals surface area contributed by atoms with Gasteiger partial charge in [-0.15, -0.1) is 0 Å². The lowest BCUT2D eigenvalue weighted by atomic mass is 9.95. The molecule has 4 rings (SSSR count). The summed E-state index contributed by atoms with van der Waals surface area (Å²) < 4.78 is 11.1. The van der Waals surface area contributed by atoms with Gasteiger partial charge in [-0.2, -0.15) is 4.98 Å². The maximum Gasteiger partial charge on any atom is 0.230 e. The third-order valence-electron chi connectivity index (χ3n) is 4.55. The number of morpholine rings is 2. The van der Waals surface area contributed by atoms with E-state index >= 15 is 0 Å². The molecule has 1 aromatic rings. The topological polar surface area (TPSA) is 63.6 Å². The van der Waals surface area contributed by atoms with Crippen LogP contribution in [-0.2, 0) is 9.47 Å². The minimum absolute atomic E-state index is 0.414. The molecule has 0 aromatic carbocycles. The Kier molecular flexibility index (Phi) is 3.60. The standard InChI is InChI=1S/C14H21N5O2/c1-2-11-8-21-9-12(3-1)19(11)14-16-10-15-13(17-14)18-4-6-20-7-5-18/h10-12H,1-9H2. The van der Waals surface area contributed by atoms with Gasteiger partial charge in [-0.3, -0.25) is 0 Å². The maximum absolute atomic E-state index is 5.70. The van der Waals surface area contributed by atoms with Crippen molar-refractivity contribution in [1.82, 2.24) is 15.0 Å². The van der Waals surface area contributed by atoms with Crippen molar-refractivity contribution in [2.75, 3.05) is 49.3 Å². The molecule has 3 fully saturated rings. The van der Waals surface area contributed by atoms with Gasteiger partial charge in [0.1, 0.15) is 6.33 Å². The molecule has 1 aromatic heterocycles. The number of ether oxygens (including phenoxy) is 2. The van der Waals surface area contributed by atoms with Crippen molar-refractivity contribution in [2.24, 2.45) is 0 Å². The van der Waals surface area contributed by atoms with Gasteiger partial charge < -0.3 is 19.3 Å². The van der Waals surface area contributed by atoms with Gasteiger partial charge in [-0.1, -0.05) is 0 Å². The van der Waals surface area contributed by atoms with Crippen LogP contribution in [0.1, 0.15) is 19.3 Å². The molecule has 0 radical (unpaired) electrons. The van der Waals surface area contributed by atoms with Crippen molar-refractivity contribution in [3.05, 3.63) is 6.33 Å². The SMILES string of the molecule is c1nc(N2CCOCC2)nc(N2C3CCCC2COC3)n1. The molecule has 2 unspecified atom stereocenters. The Hall–Kier alpha value is -1.47. The minimum atomic E-state index is 0.414. The van der Waals surface area contributed by atoms with Crippen molar-refractivity contribution in [3.63, 3.8) is 0 Å². The number of anilines is 2. The van der Waals surface area contributed by atoms with Gasteiger partial charge in [0.25, 0.3) is 0 Å². The zero-order valence-corrected chi connectivity index (χ0v) is 12.1. The van der Waals surface area contributed by atoms with Gasteiger partial charge in [-0.25, -0.2) is 9.97 Å². The second kappa shape index (κ2) is 5.73. The molecule has 114 valence electrons. The van der Waals surface area contributed by atoms with Crippen LogP contribution < -0.4 is 9.80 Å². The molecular weight excluding hydrogens is 270 g/mol. The normalized spacial score (nSPS) is 29.5. The zero-order valence-electron chi connectivity index (χ0n) is 12.1. The van der Waals surface area contributed by atoms with Crippen molar-refractivity contribution >= 4 is 11.9 Å². The molecule has 2 atom stereocenters. The maximum atomic E-state index is 5.70. The molecule has 0 spiro atoms. The number of hydrogen-bond acceptors (Lipinski definition) is 7. The Balaban J connectivity index is 1.59. The molecule has 3 aliphatic rings. The predicted octanol–water partition coefficient (Wildman–Crippen LogP) is 0.466. The summed E-state index contributed by atoms with van der Waals surface area (Å²) in [5.74, 6) is 1.58. The Morgan fingerprint density at radius 3 is 2.43 bits per heavy atom. The van der Waals surface area contributed by atoms with E-state index in [4.69, 9.17) is 14.5 Å². The lowest BCUT2D eigenvalue weighted by Crippen LogP contribution is -2.55. The Morgan fingerprint density at radius 2 is 1.67 bits per heavy atom. The predicted molar refractivity (Wildman–Crippen MR) is 77.6 cm³/mol. The fourth-order valence-electron chi connectivity index (χ4n) is 3.48. The summed E-state index contributed by atoms with van der Waals surface area (Å²) >= 11 is 0. The summed E-state index contributed by atoms with van der Waals surface area (Å²) in [5.41, 5.74) is 0. The zero-order chi connectivity index (χ0) is 14.1. The van der Waals surface area contributed by atoms with Crippen LogP contribution >= 0.6 is 0 Å². The average Bonchev–Trinajstić information content (AvgIpc) is 2.55. The number of aromatic nitrogens is 3. The van der Waals surface area contributed by atoms with Crippen molar-refractivity contribution in [3.8, 4) is 0 Å². The highest BCUT2D eigenvalue weighted by Gasteiger charge is 2.36. The summed E-state index contributed by atoms with van der Waals surface area (Å²) in [6.07, 6.45) is 5.24. The van der Waals surface area contributed by atoms with E-state index in [9.17, 15) is 0 Å². The van der Waals surface area contributed by atoms with Crippen molar-refractivity contribution in [2.45, 2.75) is 31.3 Å². The highest BCUT2D eigenvalue weighted by atomic mass is 16.5. The first-order valence-electron chi connectivity index (χ1n) is 7.79. The quantitative estimate of drug-likeness (QED) is 0.784. The first kappa shape index (κ1) is 13.2. The second-order valence-corrected chi connectivity index (χ2v) is 5.87. The van der Waals surface area contributed by atoms with Gasteiger partial charge in [0, 0.05) is 13.1 Å². The Labute approximate surface area is 124 Å². The van der Waals surface area contributed by atoms with Crippen molar-refractivity contribution in [1.29, 1.82) is 0 Å². The molecular formula is C14H21N5O2. The molecule has 3 aliphatic heterocycles.